The number of carbonyl (C=O) groups excluding carboxylic acids is 1. The van der Waals surface area contributed by atoms with Gasteiger partial charge in [0.2, 0.25) is 0 Å². The van der Waals surface area contributed by atoms with E-state index in [0.717, 1.165) is 0 Å². The molecule has 102 valence electrons. The minimum absolute atomic E-state index is 0.115. The number of quaternary nitrogens is 1. The molecule has 0 N–H and O–H groups in total. The van der Waals surface area contributed by atoms with Gasteiger partial charge in [0.1, 0.15) is 0 Å². The number of carbonyl (C=O) groups is 1. The zero-order valence-electron chi connectivity index (χ0n) is 11.4. The van der Waals surface area contributed by atoms with Crippen molar-refractivity contribution in [3.05, 3.63) is 0 Å². The van der Waals surface area contributed by atoms with Crippen LogP contribution < -0.4 is 0 Å². The second-order valence-electron chi connectivity index (χ2n) is 4.39. The molecular weight excluding hydrogens is 245 g/mol. The van der Waals surface area contributed by atoms with Crippen molar-refractivity contribution in [3.63, 3.8) is 0 Å². The van der Waals surface area contributed by atoms with Gasteiger partial charge in [0.05, 0.1) is 41.5 Å². The molecule has 0 heterocycles. The first-order valence-corrected chi connectivity index (χ1v) is 7.11. The van der Waals surface area contributed by atoms with Crippen molar-refractivity contribution >= 4 is 13.6 Å². The van der Waals surface area contributed by atoms with Crippen LogP contribution in [0.15, 0.2) is 0 Å². The van der Waals surface area contributed by atoms with Gasteiger partial charge in [-0.1, -0.05) is 0 Å². The van der Waals surface area contributed by atoms with Crippen LogP contribution in [0, 0.1) is 0 Å². The number of esters is 1. The number of hydrogen-bond donors (Lipinski definition) is 0. The van der Waals surface area contributed by atoms with E-state index in [1.165, 1.54) is 7.11 Å². The van der Waals surface area contributed by atoms with Gasteiger partial charge in [-0.25, -0.2) is 4.79 Å². The van der Waals surface area contributed by atoms with E-state index in [0.29, 0.717) is 0 Å². The normalized spacial score (nSPS) is 14.5. The van der Waals surface area contributed by atoms with E-state index in [2.05, 4.69) is 0 Å². The Bertz CT molecular complexity index is 290. The minimum atomic E-state index is -3.53. The maximum absolute atomic E-state index is 12.6. The molecule has 0 bridgehead atoms. The molecule has 0 saturated heterocycles. The van der Waals surface area contributed by atoms with Gasteiger partial charge < -0.3 is 18.3 Å². The predicted octanol–water partition coefficient (Wildman–Crippen LogP) is 1.46. The largest absolute Gasteiger partial charge is 0.464 e. The van der Waals surface area contributed by atoms with E-state index in [4.69, 9.17) is 13.8 Å². The Morgan fingerprint density at radius 1 is 1.18 bits per heavy atom. The van der Waals surface area contributed by atoms with Crippen molar-refractivity contribution in [3.8, 4) is 0 Å². The van der Waals surface area contributed by atoms with Crippen molar-refractivity contribution in [1.29, 1.82) is 0 Å². The molecule has 0 radical (unpaired) electrons. The third-order valence-corrected chi connectivity index (χ3v) is 4.80. The van der Waals surface area contributed by atoms with Gasteiger partial charge >= 0.3 is 13.6 Å². The van der Waals surface area contributed by atoms with Crippen molar-refractivity contribution in [2.75, 3.05) is 41.5 Å². The van der Waals surface area contributed by atoms with E-state index in [1.54, 1.807) is 35.0 Å². The number of ether oxygens (including phenoxy) is 1. The van der Waals surface area contributed by atoms with Crippen LogP contribution in [-0.2, 0) is 23.1 Å². The lowest BCUT2D eigenvalue weighted by Gasteiger charge is -2.35. The number of likely N-dealkylation sites (N-methyl/N-ethyl adjacent to an activating group) is 1. The fourth-order valence-corrected chi connectivity index (χ4v) is 3.80. The maximum Gasteiger partial charge on any atom is 0.399 e. The molecule has 0 aromatic carbocycles. The van der Waals surface area contributed by atoms with Crippen LogP contribution in [0.2, 0.25) is 0 Å². The fraction of sp³-hybridized carbons (Fsp3) is 0.900. The molecule has 6 nitrogen and oxygen atoms in total. The van der Waals surface area contributed by atoms with Crippen LogP contribution in [0.5, 0.6) is 0 Å². The monoisotopic (exact) mass is 268 g/mol. The van der Waals surface area contributed by atoms with Gasteiger partial charge in [-0.15, -0.1) is 0 Å². The molecule has 7 heteroatoms. The highest BCUT2D eigenvalue weighted by Crippen LogP contribution is 2.55. The summed E-state index contributed by atoms with van der Waals surface area (Å²) in [6.45, 7) is 3.83. The molecule has 0 aromatic heterocycles. The molecule has 0 spiro atoms. The summed E-state index contributed by atoms with van der Waals surface area (Å²) in [4.78, 5) is 11.8. The van der Waals surface area contributed by atoms with Gasteiger partial charge in [-0.05, 0) is 13.8 Å². The van der Waals surface area contributed by atoms with Crippen LogP contribution in [0.25, 0.3) is 0 Å². The third kappa shape index (κ3) is 4.39. The van der Waals surface area contributed by atoms with E-state index >= 15 is 0 Å². The van der Waals surface area contributed by atoms with Crippen LogP contribution in [-0.4, -0.2) is 57.7 Å². The molecule has 0 rings (SSSR count). The Hall–Kier alpha value is -0.420. The summed E-state index contributed by atoms with van der Waals surface area (Å²) < 4.78 is 27.8. The summed E-state index contributed by atoms with van der Waals surface area (Å²) in [5.41, 5.74) is 0. The van der Waals surface area contributed by atoms with Gasteiger partial charge in [-0.3, -0.25) is 4.57 Å². The van der Waals surface area contributed by atoms with Crippen LogP contribution in [0.1, 0.15) is 13.8 Å². The highest BCUT2D eigenvalue weighted by atomic mass is 31.2. The highest BCUT2D eigenvalue weighted by molar-refractivity contribution is 7.55. The first kappa shape index (κ1) is 16.6. The Labute approximate surface area is 103 Å². The fourth-order valence-electron chi connectivity index (χ4n) is 1.51. The second kappa shape index (κ2) is 6.50. The quantitative estimate of drug-likeness (QED) is 0.397. The van der Waals surface area contributed by atoms with Crippen LogP contribution >= 0.6 is 7.60 Å². The van der Waals surface area contributed by atoms with E-state index in [9.17, 15) is 9.36 Å². The van der Waals surface area contributed by atoms with E-state index in [-0.39, 0.29) is 17.7 Å². The van der Waals surface area contributed by atoms with Crippen molar-refractivity contribution in [1.82, 2.24) is 0 Å². The first-order chi connectivity index (χ1) is 7.72. The summed E-state index contributed by atoms with van der Waals surface area (Å²) in [5, 5.41) is 0. The van der Waals surface area contributed by atoms with Gasteiger partial charge in [0, 0.05) is 0 Å². The second-order valence-corrected chi connectivity index (χ2v) is 6.47. The first-order valence-electron chi connectivity index (χ1n) is 5.50. The molecule has 0 aliphatic rings. The summed E-state index contributed by atoms with van der Waals surface area (Å²) in [6.07, 6.45) is 0. The molecule has 0 fully saturated rings. The molecule has 0 amide bonds. The Morgan fingerprint density at radius 2 is 1.59 bits per heavy atom. The number of rotatable bonds is 7. The SMILES string of the molecule is CCOP(=O)(OCC)C(C(=O)OC)[N+](C)(C)C. The molecule has 1 atom stereocenters. The molecule has 0 aromatic rings. The molecular formula is C10H23NO5P+. The van der Waals surface area contributed by atoms with Crippen molar-refractivity contribution in [2.45, 2.75) is 19.6 Å². The zero-order valence-corrected chi connectivity index (χ0v) is 12.3. The van der Waals surface area contributed by atoms with E-state index in [1.807, 2.05) is 0 Å². The molecule has 0 aliphatic carbocycles. The summed E-state index contributed by atoms with van der Waals surface area (Å²) in [7, 11) is 2.96. The Morgan fingerprint density at radius 3 is 1.82 bits per heavy atom. The lowest BCUT2D eigenvalue weighted by molar-refractivity contribution is -0.875. The summed E-state index contributed by atoms with van der Waals surface area (Å²) in [5.74, 6) is -1.57. The molecule has 0 saturated carbocycles. The van der Waals surface area contributed by atoms with Crippen LogP contribution in [0.3, 0.4) is 0 Å². The summed E-state index contributed by atoms with van der Waals surface area (Å²) >= 11 is 0. The Kier molecular flexibility index (Phi) is 6.34. The predicted molar refractivity (Wildman–Crippen MR) is 64.7 cm³/mol. The molecule has 0 aliphatic heterocycles. The van der Waals surface area contributed by atoms with Gasteiger partial charge in [0.25, 0.3) is 5.78 Å². The van der Waals surface area contributed by atoms with Gasteiger partial charge in [-0.2, -0.15) is 0 Å². The van der Waals surface area contributed by atoms with E-state index < -0.39 is 19.3 Å². The minimum Gasteiger partial charge on any atom is -0.464 e. The van der Waals surface area contributed by atoms with Gasteiger partial charge in [0.15, 0.2) is 0 Å². The smallest absolute Gasteiger partial charge is 0.399 e. The lowest BCUT2D eigenvalue weighted by atomic mass is 10.5. The lowest BCUT2D eigenvalue weighted by Crippen LogP contribution is -2.50. The Balaban J connectivity index is 5.38. The average Bonchev–Trinajstić information content (AvgIpc) is 2.15. The highest BCUT2D eigenvalue weighted by Gasteiger charge is 2.51. The van der Waals surface area contributed by atoms with Crippen molar-refractivity contribution < 1.29 is 27.6 Å². The topological polar surface area (TPSA) is 61.8 Å². The summed E-state index contributed by atoms with van der Waals surface area (Å²) in [6, 6.07) is 0. The van der Waals surface area contributed by atoms with Crippen molar-refractivity contribution in [2.24, 2.45) is 0 Å². The van der Waals surface area contributed by atoms with Crippen LogP contribution in [0.4, 0.5) is 0 Å². The zero-order chi connectivity index (χ0) is 13.7. The number of methoxy groups -OCH3 is 1. The number of nitrogens with zero attached hydrogens (tertiary/aromatic N) is 1. The standard InChI is InChI=1S/C10H23NO5P/c1-7-15-17(13,16-8-2)9(10(12)14-6)11(3,4)5/h9H,7-8H2,1-6H3/q+1. The number of hydrogen-bond acceptors (Lipinski definition) is 5. The average molecular weight is 268 g/mol. The third-order valence-electron chi connectivity index (χ3n) is 2.06. The molecule has 17 heavy (non-hydrogen) atoms. The maximum atomic E-state index is 12.6. The molecule has 1 unspecified atom stereocenters.